The maximum absolute atomic E-state index is 12.5. The molecule has 0 radical (unpaired) electrons. The van der Waals surface area contributed by atoms with Crippen molar-refractivity contribution in [2.45, 2.75) is 13.8 Å². The van der Waals surface area contributed by atoms with Crippen LogP contribution in [0.4, 0.5) is 17.1 Å². The second kappa shape index (κ2) is 8.26. The number of nitrogens with one attached hydrogen (secondary N) is 2. The van der Waals surface area contributed by atoms with Crippen molar-refractivity contribution >= 4 is 34.5 Å². The predicted octanol–water partition coefficient (Wildman–Crippen LogP) is 4.48. The van der Waals surface area contributed by atoms with E-state index in [4.69, 9.17) is 0 Å². The number of Topliss-reactive ketones (excluding diaryl/α,β-unsaturated/α-hetero) is 2. The lowest BCUT2D eigenvalue weighted by molar-refractivity contribution is 0.100. The summed E-state index contributed by atoms with van der Waals surface area (Å²) in [7, 11) is 0. The largest absolute Gasteiger partial charge is 0.355 e. The number of carbonyl (C=O) groups is 3. The normalized spacial score (nSPS) is 10.2. The van der Waals surface area contributed by atoms with E-state index < -0.39 is 0 Å². The van der Waals surface area contributed by atoms with Gasteiger partial charge < -0.3 is 10.6 Å². The molecule has 0 aliphatic carbocycles. The summed E-state index contributed by atoms with van der Waals surface area (Å²) in [6, 6.07) is 17.2. The lowest BCUT2D eigenvalue weighted by Crippen LogP contribution is -2.14. The van der Waals surface area contributed by atoms with E-state index in [9.17, 15) is 14.4 Å². The zero-order chi connectivity index (χ0) is 20.1. The molecule has 1 amide bonds. The third kappa shape index (κ3) is 4.67. The van der Waals surface area contributed by atoms with Gasteiger partial charge >= 0.3 is 0 Å². The van der Waals surface area contributed by atoms with Crippen LogP contribution in [0.15, 0.2) is 66.9 Å². The average molecular weight is 373 g/mol. The first-order chi connectivity index (χ1) is 13.4. The van der Waals surface area contributed by atoms with E-state index in [0.717, 1.165) is 5.69 Å². The number of carbonyl (C=O) groups excluding carboxylic acids is 3. The number of hydrogen-bond donors (Lipinski definition) is 2. The molecular weight excluding hydrogens is 354 g/mol. The number of aromatic nitrogens is 1. The van der Waals surface area contributed by atoms with Crippen LogP contribution in [0.2, 0.25) is 0 Å². The van der Waals surface area contributed by atoms with Crippen molar-refractivity contribution in [1.29, 1.82) is 0 Å². The minimum atomic E-state index is -0.378. The second-order valence-electron chi connectivity index (χ2n) is 6.28. The van der Waals surface area contributed by atoms with Gasteiger partial charge in [0, 0.05) is 34.4 Å². The fourth-order valence-electron chi connectivity index (χ4n) is 2.60. The number of nitrogens with zero attached hydrogens (tertiary/aromatic N) is 1. The number of rotatable bonds is 6. The Morgan fingerprint density at radius 3 is 2.14 bits per heavy atom. The molecule has 1 aromatic heterocycles. The molecule has 2 N–H and O–H groups in total. The molecule has 28 heavy (non-hydrogen) atoms. The van der Waals surface area contributed by atoms with Gasteiger partial charge in [-0.2, -0.15) is 0 Å². The molecule has 0 aliphatic rings. The van der Waals surface area contributed by atoms with Crippen molar-refractivity contribution in [2.24, 2.45) is 0 Å². The fraction of sp³-hybridized carbons (Fsp3) is 0.0909. The van der Waals surface area contributed by atoms with Gasteiger partial charge in [-0.3, -0.25) is 19.4 Å². The van der Waals surface area contributed by atoms with Crippen LogP contribution in [0.1, 0.15) is 45.1 Å². The summed E-state index contributed by atoms with van der Waals surface area (Å²) in [4.78, 5) is 39.4. The Hall–Kier alpha value is -3.80. The molecule has 6 nitrogen and oxygen atoms in total. The van der Waals surface area contributed by atoms with Crippen molar-refractivity contribution < 1.29 is 14.4 Å². The Kier molecular flexibility index (Phi) is 5.60. The lowest BCUT2D eigenvalue weighted by atomic mass is 10.1. The number of pyridine rings is 1. The summed E-state index contributed by atoms with van der Waals surface area (Å²) in [5.41, 5.74) is 3.39. The standard InChI is InChI=1S/C22H19N3O3/c1-14(26)16-6-8-18(9-7-16)24-20-10-11-23-21(13-20)22(28)25-19-5-3-4-17(12-19)15(2)27/h3-13H,1-2H3,(H,23,24)(H,25,28). The zero-order valence-corrected chi connectivity index (χ0v) is 15.5. The maximum Gasteiger partial charge on any atom is 0.274 e. The smallest absolute Gasteiger partial charge is 0.274 e. The van der Waals surface area contributed by atoms with Gasteiger partial charge in [0.25, 0.3) is 5.91 Å². The highest BCUT2D eigenvalue weighted by Gasteiger charge is 2.10. The van der Waals surface area contributed by atoms with Crippen molar-refractivity contribution in [3.63, 3.8) is 0 Å². The van der Waals surface area contributed by atoms with Crippen LogP contribution in [0.25, 0.3) is 0 Å². The molecule has 0 unspecified atom stereocenters. The first-order valence-electron chi connectivity index (χ1n) is 8.69. The zero-order valence-electron chi connectivity index (χ0n) is 15.5. The Bertz CT molecular complexity index is 1040. The first kappa shape index (κ1) is 19.0. The summed E-state index contributed by atoms with van der Waals surface area (Å²) < 4.78 is 0. The minimum Gasteiger partial charge on any atom is -0.355 e. The van der Waals surface area contributed by atoms with Gasteiger partial charge in [0.15, 0.2) is 11.6 Å². The van der Waals surface area contributed by atoms with Gasteiger partial charge in [0.2, 0.25) is 0 Å². The molecule has 0 spiro atoms. The SMILES string of the molecule is CC(=O)c1ccc(Nc2ccnc(C(=O)Nc3cccc(C(C)=O)c3)c2)cc1. The molecule has 0 atom stereocenters. The Morgan fingerprint density at radius 1 is 0.750 bits per heavy atom. The molecule has 0 saturated carbocycles. The monoisotopic (exact) mass is 373 g/mol. The summed E-state index contributed by atoms with van der Waals surface area (Å²) in [5.74, 6) is -0.448. The summed E-state index contributed by atoms with van der Waals surface area (Å²) in [6.07, 6.45) is 1.53. The molecule has 0 bridgehead atoms. The van der Waals surface area contributed by atoms with E-state index >= 15 is 0 Å². The number of amides is 1. The Labute approximate surface area is 162 Å². The van der Waals surface area contributed by atoms with Crippen molar-refractivity contribution in [3.05, 3.63) is 83.7 Å². The van der Waals surface area contributed by atoms with Crippen molar-refractivity contribution in [3.8, 4) is 0 Å². The number of ketones is 2. The third-order valence-corrected chi connectivity index (χ3v) is 4.10. The van der Waals surface area contributed by atoms with Gasteiger partial charge in [0.05, 0.1) is 0 Å². The number of hydrogen-bond acceptors (Lipinski definition) is 5. The van der Waals surface area contributed by atoms with Crippen LogP contribution in [-0.2, 0) is 0 Å². The van der Waals surface area contributed by atoms with E-state index in [1.807, 2.05) is 0 Å². The van der Waals surface area contributed by atoms with Crippen LogP contribution >= 0.6 is 0 Å². The average Bonchev–Trinajstić information content (AvgIpc) is 2.69. The maximum atomic E-state index is 12.5. The van der Waals surface area contributed by atoms with E-state index in [1.165, 1.54) is 20.0 Å². The highest BCUT2D eigenvalue weighted by molar-refractivity contribution is 6.04. The predicted molar refractivity (Wildman–Crippen MR) is 108 cm³/mol. The first-order valence-corrected chi connectivity index (χ1v) is 8.69. The van der Waals surface area contributed by atoms with Gasteiger partial charge in [-0.1, -0.05) is 12.1 Å². The van der Waals surface area contributed by atoms with Gasteiger partial charge in [0.1, 0.15) is 5.69 Å². The molecule has 3 rings (SSSR count). The highest BCUT2D eigenvalue weighted by Crippen LogP contribution is 2.19. The highest BCUT2D eigenvalue weighted by atomic mass is 16.2. The topological polar surface area (TPSA) is 88.2 Å². The van der Waals surface area contributed by atoms with E-state index in [1.54, 1.807) is 60.7 Å². The summed E-state index contributed by atoms with van der Waals surface area (Å²) >= 11 is 0. The van der Waals surface area contributed by atoms with Crippen LogP contribution < -0.4 is 10.6 Å². The summed E-state index contributed by atoms with van der Waals surface area (Å²) in [5, 5.41) is 5.92. The molecule has 140 valence electrons. The van der Waals surface area contributed by atoms with Crippen LogP contribution in [-0.4, -0.2) is 22.5 Å². The Morgan fingerprint density at radius 2 is 1.46 bits per heavy atom. The molecule has 0 saturated heterocycles. The van der Waals surface area contributed by atoms with E-state index in [2.05, 4.69) is 15.6 Å². The van der Waals surface area contributed by atoms with Crippen molar-refractivity contribution in [1.82, 2.24) is 4.98 Å². The molecule has 1 heterocycles. The second-order valence-corrected chi connectivity index (χ2v) is 6.28. The lowest BCUT2D eigenvalue weighted by Gasteiger charge is -2.09. The van der Waals surface area contributed by atoms with Gasteiger partial charge in [-0.15, -0.1) is 0 Å². The quantitative estimate of drug-likeness (QED) is 0.622. The fourth-order valence-corrected chi connectivity index (χ4v) is 2.60. The molecule has 0 aliphatic heterocycles. The molecule has 2 aromatic carbocycles. The number of benzene rings is 2. The number of anilines is 3. The van der Waals surface area contributed by atoms with Gasteiger partial charge in [-0.05, 0) is 62.4 Å². The van der Waals surface area contributed by atoms with E-state index in [0.29, 0.717) is 22.5 Å². The van der Waals surface area contributed by atoms with Crippen molar-refractivity contribution in [2.75, 3.05) is 10.6 Å². The van der Waals surface area contributed by atoms with Crippen LogP contribution in [0, 0.1) is 0 Å². The minimum absolute atomic E-state index is 0.00302. The Balaban J connectivity index is 1.73. The summed E-state index contributed by atoms with van der Waals surface area (Å²) in [6.45, 7) is 2.99. The molecule has 3 aromatic rings. The molecule has 6 heteroatoms. The molecule has 0 fully saturated rings. The van der Waals surface area contributed by atoms with Crippen LogP contribution in [0.5, 0.6) is 0 Å². The molecular formula is C22H19N3O3. The van der Waals surface area contributed by atoms with E-state index in [-0.39, 0.29) is 23.2 Å². The van der Waals surface area contributed by atoms with Crippen LogP contribution in [0.3, 0.4) is 0 Å². The third-order valence-electron chi connectivity index (χ3n) is 4.10. The van der Waals surface area contributed by atoms with Gasteiger partial charge in [-0.25, -0.2) is 0 Å².